The summed E-state index contributed by atoms with van der Waals surface area (Å²) in [6.45, 7) is -0.0188. The van der Waals surface area contributed by atoms with E-state index in [1.165, 1.54) is 0 Å². The van der Waals surface area contributed by atoms with Crippen molar-refractivity contribution in [3.05, 3.63) is 17.2 Å². The average Bonchev–Trinajstić information content (AvgIpc) is 2.47. The minimum Gasteiger partial charge on any atom is -0.481 e. The van der Waals surface area contributed by atoms with E-state index in [2.05, 4.69) is 10.6 Å². The van der Waals surface area contributed by atoms with Crippen LogP contribution in [0.25, 0.3) is 0 Å². The van der Waals surface area contributed by atoms with Gasteiger partial charge in [0.05, 0.1) is 17.3 Å². The van der Waals surface area contributed by atoms with Gasteiger partial charge in [-0.1, -0.05) is 11.6 Å². The van der Waals surface area contributed by atoms with Gasteiger partial charge in [0, 0.05) is 11.1 Å². The lowest BCUT2D eigenvalue weighted by Gasteiger charge is -2.29. The first-order valence-electron chi connectivity index (χ1n) is 7.28. The number of anilines is 2. The number of hydrogen-bond donors (Lipinski definition) is 3. The Morgan fingerprint density at radius 2 is 2.05 bits per heavy atom. The molecule has 1 fully saturated rings. The Hall–Kier alpha value is -1.95. The molecule has 118 valence electrons. The number of fused-ring (bicyclic) bond motifs is 1. The molecule has 1 amide bonds. The fourth-order valence-corrected chi connectivity index (χ4v) is 3.20. The number of carbonyl (C=O) groups excluding carboxylic acids is 1. The quantitative estimate of drug-likeness (QED) is 0.795. The van der Waals surface area contributed by atoms with E-state index in [1.807, 2.05) is 0 Å². The highest BCUT2D eigenvalue weighted by atomic mass is 35.5. The second-order valence-electron chi connectivity index (χ2n) is 5.70. The highest BCUT2D eigenvalue weighted by Gasteiger charge is 2.27. The Bertz CT molecular complexity index is 612. The summed E-state index contributed by atoms with van der Waals surface area (Å²) in [5, 5.41) is 15.6. The molecule has 0 spiro atoms. The maximum absolute atomic E-state index is 11.4. The molecule has 0 unspecified atom stereocenters. The Labute approximate surface area is 132 Å². The van der Waals surface area contributed by atoms with Crippen LogP contribution in [-0.4, -0.2) is 29.6 Å². The van der Waals surface area contributed by atoms with Gasteiger partial charge >= 0.3 is 5.97 Å². The SMILES string of the molecule is O=C1COc2c(cc(Cl)cc2NC2CCC(C(=O)O)CC2)N1. The van der Waals surface area contributed by atoms with Crippen molar-refractivity contribution in [2.24, 2.45) is 5.92 Å². The van der Waals surface area contributed by atoms with E-state index >= 15 is 0 Å². The monoisotopic (exact) mass is 324 g/mol. The molecule has 0 aromatic heterocycles. The molecule has 22 heavy (non-hydrogen) atoms. The van der Waals surface area contributed by atoms with Crippen molar-refractivity contribution in [2.45, 2.75) is 31.7 Å². The van der Waals surface area contributed by atoms with Crippen molar-refractivity contribution < 1.29 is 19.4 Å². The summed E-state index contributed by atoms with van der Waals surface area (Å²) in [5.41, 5.74) is 1.30. The number of carboxylic acids is 1. The maximum atomic E-state index is 11.4. The van der Waals surface area contributed by atoms with Crippen LogP contribution in [0.3, 0.4) is 0 Å². The lowest BCUT2D eigenvalue weighted by atomic mass is 9.86. The molecular weight excluding hydrogens is 308 g/mol. The van der Waals surface area contributed by atoms with Crippen molar-refractivity contribution in [3.63, 3.8) is 0 Å². The first kappa shape index (κ1) is 15.0. The van der Waals surface area contributed by atoms with Crippen LogP contribution in [0, 0.1) is 5.92 Å². The number of rotatable bonds is 3. The average molecular weight is 325 g/mol. The highest BCUT2D eigenvalue weighted by Crippen LogP contribution is 2.40. The third kappa shape index (κ3) is 3.11. The molecule has 1 aromatic rings. The van der Waals surface area contributed by atoms with Crippen LogP contribution in [0.5, 0.6) is 5.75 Å². The molecule has 0 radical (unpaired) electrons. The number of carboxylic acid groups (broad SMARTS) is 1. The number of ether oxygens (including phenoxy) is 1. The van der Waals surface area contributed by atoms with Gasteiger partial charge in [-0.15, -0.1) is 0 Å². The summed E-state index contributed by atoms with van der Waals surface area (Å²) in [6.07, 6.45) is 2.88. The number of aliphatic carboxylic acids is 1. The van der Waals surface area contributed by atoms with Crippen molar-refractivity contribution in [3.8, 4) is 5.75 Å². The zero-order valence-electron chi connectivity index (χ0n) is 11.9. The smallest absolute Gasteiger partial charge is 0.306 e. The zero-order valence-corrected chi connectivity index (χ0v) is 12.7. The van der Waals surface area contributed by atoms with Crippen LogP contribution in [0.15, 0.2) is 12.1 Å². The van der Waals surface area contributed by atoms with E-state index in [9.17, 15) is 9.59 Å². The lowest BCUT2D eigenvalue weighted by Crippen LogP contribution is -2.30. The summed E-state index contributed by atoms with van der Waals surface area (Å²) >= 11 is 6.09. The van der Waals surface area contributed by atoms with Crippen LogP contribution < -0.4 is 15.4 Å². The Balaban J connectivity index is 1.73. The summed E-state index contributed by atoms with van der Waals surface area (Å²) in [7, 11) is 0. The molecule has 2 aliphatic rings. The van der Waals surface area contributed by atoms with Crippen molar-refractivity contribution >= 4 is 34.9 Å². The summed E-state index contributed by atoms with van der Waals surface area (Å²) in [6, 6.07) is 3.60. The van der Waals surface area contributed by atoms with Gasteiger partial charge in [0.1, 0.15) is 0 Å². The van der Waals surface area contributed by atoms with Gasteiger partial charge in [-0.05, 0) is 37.8 Å². The molecule has 1 aromatic carbocycles. The standard InChI is InChI=1S/C15H17ClN2O4/c16-9-5-11(14-12(6-9)18-13(19)7-22-14)17-10-3-1-8(2-4-10)15(20)21/h5-6,8,10,17H,1-4,7H2,(H,18,19)(H,20,21). The van der Waals surface area contributed by atoms with Crippen LogP contribution in [-0.2, 0) is 9.59 Å². The van der Waals surface area contributed by atoms with Crippen LogP contribution in [0.2, 0.25) is 5.02 Å². The van der Waals surface area contributed by atoms with Gasteiger partial charge in [-0.2, -0.15) is 0 Å². The summed E-state index contributed by atoms with van der Waals surface area (Å²) < 4.78 is 5.50. The number of benzene rings is 1. The Kier molecular flexibility index (Phi) is 4.11. The van der Waals surface area contributed by atoms with Gasteiger partial charge < -0.3 is 20.5 Å². The number of nitrogens with one attached hydrogen (secondary N) is 2. The summed E-state index contributed by atoms with van der Waals surface area (Å²) in [4.78, 5) is 22.4. The second kappa shape index (κ2) is 6.04. The van der Waals surface area contributed by atoms with Gasteiger partial charge in [0.25, 0.3) is 5.91 Å². The molecular formula is C15H17ClN2O4. The molecule has 3 N–H and O–H groups in total. The van der Waals surface area contributed by atoms with Crippen LogP contribution in [0.4, 0.5) is 11.4 Å². The molecule has 7 heteroatoms. The molecule has 0 bridgehead atoms. The third-order valence-corrected chi connectivity index (χ3v) is 4.33. The van der Waals surface area contributed by atoms with Crippen LogP contribution in [0.1, 0.15) is 25.7 Å². The van der Waals surface area contributed by atoms with E-state index in [0.717, 1.165) is 18.5 Å². The molecule has 1 aliphatic carbocycles. The maximum Gasteiger partial charge on any atom is 0.306 e. The Morgan fingerprint density at radius 1 is 1.32 bits per heavy atom. The van der Waals surface area contributed by atoms with Gasteiger partial charge in [0.2, 0.25) is 0 Å². The number of carbonyl (C=O) groups is 2. The van der Waals surface area contributed by atoms with E-state index in [0.29, 0.717) is 29.3 Å². The number of halogens is 1. The van der Waals surface area contributed by atoms with Crippen molar-refractivity contribution in [1.29, 1.82) is 0 Å². The predicted octanol–water partition coefficient (Wildman–Crippen LogP) is 2.73. The predicted molar refractivity (Wildman–Crippen MR) is 82.6 cm³/mol. The molecule has 1 saturated carbocycles. The number of hydrogen-bond acceptors (Lipinski definition) is 4. The zero-order chi connectivity index (χ0) is 15.7. The number of amides is 1. The van der Waals surface area contributed by atoms with E-state index in [1.54, 1.807) is 12.1 Å². The molecule has 6 nitrogen and oxygen atoms in total. The molecule has 0 saturated heterocycles. The van der Waals surface area contributed by atoms with E-state index in [-0.39, 0.29) is 24.5 Å². The van der Waals surface area contributed by atoms with Crippen molar-refractivity contribution in [1.82, 2.24) is 0 Å². The summed E-state index contributed by atoms with van der Waals surface area (Å²) in [5.74, 6) is -0.585. The third-order valence-electron chi connectivity index (χ3n) is 4.11. The minimum atomic E-state index is -0.718. The van der Waals surface area contributed by atoms with Gasteiger partial charge in [-0.3, -0.25) is 9.59 Å². The molecule has 3 rings (SSSR count). The topological polar surface area (TPSA) is 87.7 Å². The fraction of sp³-hybridized carbons (Fsp3) is 0.467. The van der Waals surface area contributed by atoms with Gasteiger partial charge in [0.15, 0.2) is 12.4 Å². The fourth-order valence-electron chi connectivity index (χ4n) is 2.98. The first-order valence-corrected chi connectivity index (χ1v) is 7.66. The van der Waals surface area contributed by atoms with Gasteiger partial charge in [-0.25, -0.2) is 0 Å². The molecule has 1 aliphatic heterocycles. The molecule has 0 atom stereocenters. The van der Waals surface area contributed by atoms with E-state index < -0.39 is 5.97 Å². The first-order chi connectivity index (χ1) is 10.5. The minimum absolute atomic E-state index is 0.0188. The largest absolute Gasteiger partial charge is 0.481 e. The normalized spacial score (nSPS) is 24.0. The second-order valence-corrected chi connectivity index (χ2v) is 6.13. The van der Waals surface area contributed by atoms with Crippen molar-refractivity contribution in [2.75, 3.05) is 17.2 Å². The van der Waals surface area contributed by atoms with Crippen LogP contribution >= 0.6 is 11.6 Å². The van der Waals surface area contributed by atoms with E-state index in [4.69, 9.17) is 21.4 Å². The highest BCUT2D eigenvalue weighted by molar-refractivity contribution is 6.31. The Morgan fingerprint density at radius 3 is 2.73 bits per heavy atom. The molecule has 1 heterocycles. The lowest BCUT2D eigenvalue weighted by molar-refractivity contribution is -0.142.